The van der Waals surface area contributed by atoms with Gasteiger partial charge < -0.3 is 14.6 Å². The zero-order valence-corrected chi connectivity index (χ0v) is 10.3. The summed E-state index contributed by atoms with van der Waals surface area (Å²) in [6, 6.07) is 7.61. The molecule has 3 heteroatoms. The van der Waals surface area contributed by atoms with Gasteiger partial charge in [-0.2, -0.15) is 0 Å². The molecule has 2 unspecified atom stereocenters. The van der Waals surface area contributed by atoms with Crippen LogP contribution < -0.4 is 9.47 Å². The summed E-state index contributed by atoms with van der Waals surface area (Å²) < 4.78 is 11.2. The third-order valence-corrected chi connectivity index (χ3v) is 3.07. The number of benzene rings is 1. The number of hydrogen-bond donors (Lipinski definition) is 1. The molecule has 0 saturated heterocycles. The van der Waals surface area contributed by atoms with E-state index in [4.69, 9.17) is 9.47 Å². The van der Waals surface area contributed by atoms with Crippen molar-refractivity contribution in [1.82, 2.24) is 0 Å². The van der Waals surface area contributed by atoms with Crippen molar-refractivity contribution in [2.75, 3.05) is 6.61 Å². The van der Waals surface area contributed by atoms with Crippen molar-refractivity contribution in [3.63, 3.8) is 0 Å². The van der Waals surface area contributed by atoms with E-state index in [0.717, 1.165) is 37.2 Å². The molecule has 0 bridgehead atoms. The maximum Gasteiger partial charge on any atom is 0.124 e. The van der Waals surface area contributed by atoms with Gasteiger partial charge >= 0.3 is 0 Å². The zero-order valence-electron chi connectivity index (χ0n) is 10.3. The number of rotatable bonds is 4. The normalized spacial score (nSPS) is 24.4. The molecule has 1 aliphatic rings. The molecule has 0 amide bonds. The molecule has 1 aliphatic carbocycles. The summed E-state index contributed by atoms with van der Waals surface area (Å²) in [6.07, 6.45) is 3.60. The molecule has 3 nitrogen and oxygen atoms in total. The van der Waals surface area contributed by atoms with E-state index < -0.39 is 0 Å². The monoisotopic (exact) mass is 236 g/mol. The molecule has 1 saturated carbocycles. The maximum atomic E-state index is 9.85. The maximum absolute atomic E-state index is 9.85. The van der Waals surface area contributed by atoms with Crippen LogP contribution in [0.1, 0.15) is 32.6 Å². The molecular formula is C14H20O3. The van der Waals surface area contributed by atoms with Crippen LogP contribution in [0.15, 0.2) is 24.3 Å². The average molecular weight is 236 g/mol. The first-order chi connectivity index (χ1) is 8.29. The van der Waals surface area contributed by atoms with Crippen LogP contribution in [0.3, 0.4) is 0 Å². The van der Waals surface area contributed by atoms with Gasteiger partial charge in [0.2, 0.25) is 0 Å². The number of ether oxygens (including phenoxy) is 2. The fraction of sp³-hybridized carbons (Fsp3) is 0.571. The Morgan fingerprint density at radius 1 is 1.24 bits per heavy atom. The van der Waals surface area contributed by atoms with Crippen LogP contribution in [-0.4, -0.2) is 23.9 Å². The van der Waals surface area contributed by atoms with E-state index in [1.54, 1.807) is 0 Å². The van der Waals surface area contributed by atoms with Gasteiger partial charge in [0.1, 0.15) is 17.6 Å². The number of aliphatic hydroxyl groups excluding tert-OH is 1. The highest BCUT2D eigenvalue weighted by Gasteiger charge is 2.24. The van der Waals surface area contributed by atoms with E-state index in [9.17, 15) is 5.11 Å². The van der Waals surface area contributed by atoms with Crippen molar-refractivity contribution < 1.29 is 14.6 Å². The summed E-state index contributed by atoms with van der Waals surface area (Å²) >= 11 is 0. The highest BCUT2D eigenvalue weighted by Crippen LogP contribution is 2.26. The molecule has 2 rings (SSSR count). The molecule has 0 radical (unpaired) electrons. The topological polar surface area (TPSA) is 38.7 Å². The van der Waals surface area contributed by atoms with Gasteiger partial charge in [-0.3, -0.25) is 0 Å². The molecule has 1 aromatic carbocycles. The fourth-order valence-corrected chi connectivity index (χ4v) is 2.19. The molecule has 1 fully saturated rings. The van der Waals surface area contributed by atoms with Crippen molar-refractivity contribution in [3.8, 4) is 11.5 Å². The third-order valence-electron chi connectivity index (χ3n) is 3.07. The van der Waals surface area contributed by atoms with Crippen LogP contribution in [0.25, 0.3) is 0 Å². The summed E-state index contributed by atoms with van der Waals surface area (Å²) in [5.41, 5.74) is 0. The predicted molar refractivity (Wildman–Crippen MR) is 66.5 cm³/mol. The minimum absolute atomic E-state index is 0.0689. The Hall–Kier alpha value is -1.22. The van der Waals surface area contributed by atoms with Gasteiger partial charge in [-0.25, -0.2) is 0 Å². The lowest BCUT2D eigenvalue weighted by atomic mass is 9.95. The van der Waals surface area contributed by atoms with Gasteiger partial charge in [0, 0.05) is 6.07 Å². The average Bonchev–Trinajstić information content (AvgIpc) is 2.33. The lowest BCUT2D eigenvalue weighted by molar-refractivity contribution is 0.00676. The van der Waals surface area contributed by atoms with Crippen molar-refractivity contribution >= 4 is 0 Å². The molecule has 0 aliphatic heterocycles. The highest BCUT2D eigenvalue weighted by molar-refractivity contribution is 5.33. The SMILES string of the molecule is CCOc1cccc(OC2CCCCC2O)c1. The van der Waals surface area contributed by atoms with Crippen molar-refractivity contribution in [2.24, 2.45) is 0 Å². The van der Waals surface area contributed by atoms with Gasteiger partial charge in [0.15, 0.2) is 0 Å². The van der Waals surface area contributed by atoms with E-state index in [2.05, 4.69) is 0 Å². The second-order valence-corrected chi connectivity index (χ2v) is 4.42. The first-order valence-electron chi connectivity index (χ1n) is 6.37. The Labute approximate surface area is 102 Å². The minimum atomic E-state index is -0.334. The molecule has 1 aromatic rings. The zero-order chi connectivity index (χ0) is 12.1. The van der Waals surface area contributed by atoms with Crippen LogP contribution in [0, 0.1) is 0 Å². The smallest absolute Gasteiger partial charge is 0.124 e. The lowest BCUT2D eigenvalue weighted by Gasteiger charge is -2.28. The second-order valence-electron chi connectivity index (χ2n) is 4.42. The van der Waals surface area contributed by atoms with Crippen LogP contribution in [-0.2, 0) is 0 Å². The Bertz CT molecular complexity index is 351. The first kappa shape index (κ1) is 12.2. The third kappa shape index (κ3) is 3.37. The van der Waals surface area contributed by atoms with E-state index in [1.807, 2.05) is 31.2 Å². The highest BCUT2D eigenvalue weighted by atomic mass is 16.5. The summed E-state index contributed by atoms with van der Waals surface area (Å²) in [4.78, 5) is 0. The number of hydrogen-bond acceptors (Lipinski definition) is 3. The van der Waals surface area contributed by atoms with Gasteiger partial charge in [-0.05, 0) is 38.3 Å². The molecule has 2 atom stereocenters. The van der Waals surface area contributed by atoms with Gasteiger partial charge in [-0.15, -0.1) is 0 Å². The number of aliphatic hydroxyl groups is 1. The van der Waals surface area contributed by atoms with E-state index in [0.29, 0.717) is 6.61 Å². The molecular weight excluding hydrogens is 216 g/mol. The Kier molecular flexibility index (Phi) is 4.26. The van der Waals surface area contributed by atoms with Gasteiger partial charge in [-0.1, -0.05) is 12.5 Å². The quantitative estimate of drug-likeness (QED) is 0.873. The minimum Gasteiger partial charge on any atom is -0.494 e. The molecule has 17 heavy (non-hydrogen) atoms. The molecule has 94 valence electrons. The van der Waals surface area contributed by atoms with Crippen LogP contribution >= 0.6 is 0 Å². The summed E-state index contributed by atoms with van der Waals surface area (Å²) in [7, 11) is 0. The first-order valence-corrected chi connectivity index (χ1v) is 6.37. The van der Waals surface area contributed by atoms with Crippen molar-refractivity contribution in [1.29, 1.82) is 0 Å². The van der Waals surface area contributed by atoms with Crippen LogP contribution in [0.4, 0.5) is 0 Å². The molecule has 0 spiro atoms. The van der Waals surface area contributed by atoms with Crippen LogP contribution in [0.2, 0.25) is 0 Å². The Balaban J connectivity index is 1.99. The second kappa shape index (κ2) is 5.92. The molecule has 0 heterocycles. The summed E-state index contributed by atoms with van der Waals surface area (Å²) in [5, 5.41) is 9.85. The Morgan fingerprint density at radius 2 is 2.00 bits per heavy atom. The standard InChI is InChI=1S/C14H20O3/c1-2-16-11-6-5-7-12(10-11)17-14-9-4-3-8-13(14)15/h5-7,10,13-15H,2-4,8-9H2,1H3. The fourth-order valence-electron chi connectivity index (χ4n) is 2.19. The molecule has 1 N–H and O–H groups in total. The summed E-state index contributed by atoms with van der Waals surface area (Å²) in [6.45, 7) is 2.61. The van der Waals surface area contributed by atoms with Gasteiger partial charge in [0.25, 0.3) is 0 Å². The predicted octanol–water partition coefficient (Wildman–Crippen LogP) is 2.77. The summed E-state index contributed by atoms with van der Waals surface area (Å²) in [5.74, 6) is 1.59. The van der Waals surface area contributed by atoms with Crippen LogP contribution in [0.5, 0.6) is 11.5 Å². The Morgan fingerprint density at radius 3 is 2.76 bits per heavy atom. The lowest BCUT2D eigenvalue weighted by Crippen LogP contribution is -2.34. The largest absolute Gasteiger partial charge is 0.494 e. The van der Waals surface area contributed by atoms with Crippen molar-refractivity contribution in [2.45, 2.75) is 44.8 Å². The molecule has 0 aromatic heterocycles. The van der Waals surface area contributed by atoms with E-state index >= 15 is 0 Å². The van der Waals surface area contributed by atoms with Crippen molar-refractivity contribution in [3.05, 3.63) is 24.3 Å². The van der Waals surface area contributed by atoms with E-state index in [1.165, 1.54) is 0 Å². The van der Waals surface area contributed by atoms with E-state index in [-0.39, 0.29) is 12.2 Å². The van der Waals surface area contributed by atoms with Gasteiger partial charge in [0.05, 0.1) is 12.7 Å².